The number of rotatable bonds is 4. The molecule has 0 aliphatic carbocycles. The first-order chi connectivity index (χ1) is 7.81. The molecule has 100 valence electrons. The highest BCUT2D eigenvalue weighted by molar-refractivity contribution is 7.98. The largest absolute Gasteiger partial charge is 0.444 e. The highest BCUT2D eigenvalue weighted by Gasteiger charge is 2.33. The maximum absolute atomic E-state index is 11.7. The Morgan fingerprint density at radius 1 is 1.53 bits per heavy atom. The molecule has 4 nitrogen and oxygen atoms in total. The molecule has 1 aliphatic heterocycles. The molecule has 1 heterocycles. The molecule has 1 amide bonds. The van der Waals surface area contributed by atoms with Gasteiger partial charge < -0.3 is 15.0 Å². The van der Waals surface area contributed by atoms with Crippen LogP contribution >= 0.6 is 11.8 Å². The number of ether oxygens (including phenoxy) is 1. The van der Waals surface area contributed by atoms with Crippen molar-refractivity contribution in [2.24, 2.45) is 0 Å². The van der Waals surface area contributed by atoms with Gasteiger partial charge in [-0.3, -0.25) is 0 Å². The lowest BCUT2D eigenvalue weighted by atomic mass is 10.1. The fourth-order valence-corrected chi connectivity index (χ4v) is 2.36. The van der Waals surface area contributed by atoms with Crippen LogP contribution in [0.3, 0.4) is 0 Å². The fourth-order valence-electron chi connectivity index (χ4n) is 1.76. The summed E-state index contributed by atoms with van der Waals surface area (Å²) in [6.07, 6.45) is 1.90. The Morgan fingerprint density at radius 2 is 2.12 bits per heavy atom. The molecule has 0 aromatic heterocycles. The number of amides is 1. The average Bonchev–Trinajstić information content (AvgIpc) is 2.07. The van der Waals surface area contributed by atoms with Gasteiger partial charge in [-0.25, -0.2) is 4.79 Å². The molecule has 0 saturated carbocycles. The topological polar surface area (TPSA) is 41.6 Å². The molecular formula is C12H24N2O2S. The Morgan fingerprint density at radius 3 is 2.59 bits per heavy atom. The summed E-state index contributed by atoms with van der Waals surface area (Å²) in [4.78, 5) is 13.4. The lowest BCUT2D eigenvalue weighted by Crippen LogP contribution is -2.62. The Kier molecular flexibility index (Phi) is 5.13. The van der Waals surface area contributed by atoms with Gasteiger partial charge in [0.25, 0.3) is 0 Å². The van der Waals surface area contributed by atoms with Gasteiger partial charge in [0.05, 0.1) is 0 Å². The molecule has 0 bridgehead atoms. The lowest BCUT2D eigenvalue weighted by molar-refractivity contribution is 0.00461. The maximum atomic E-state index is 11.7. The first kappa shape index (κ1) is 14.6. The molecule has 1 N–H and O–H groups in total. The van der Waals surface area contributed by atoms with E-state index in [0.717, 1.165) is 18.8 Å². The third-order valence-corrected chi connectivity index (χ3v) is 3.30. The Balaban J connectivity index is 2.20. The van der Waals surface area contributed by atoms with Crippen molar-refractivity contribution in [2.45, 2.75) is 45.4 Å². The van der Waals surface area contributed by atoms with Gasteiger partial charge in [0.15, 0.2) is 0 Å². The van der Waals surface area contributed by atoms with E-state index in [-0.39, 0.29) is 6.09 Å². The second-order valence-corrected chi connectivity index (χ2v) is 6.52. The zero-order valence-corrected chi connectivity index (χ0v) is 12.3. The third kappa shape index (κ3) is 5.17. The third-order valence-electron chi connectivity index (χ3n) is 2.47. The van der Waals surface area contributed by atoms with Crippen LogP contribution in [0, 0.1) is 0 Å². The Labute approximate surface area is 108 Å². The van der Waals surface area contributed by atoms with Crippen LogP contribution in [0.25, 0.3) is 0 Å². The van der Waals surface area contributed by atoms with Crippen molar-refractivity contribution in [3.8, 4) is 0 Å². The zero-order chi connectivity index (χ0) is 13.1. The minimum atomic E-state index is -0.401. The number of nitrogens with one attached hydrogen (secondary N) is 1. The molecule has 1 aliphatic rings. The predicted molar refractivity (Wildman–Crippen MR) is 72.6 cm³/mol. The number of hydrogen-bond donors (Lipinski definition) is 1. The van der Waals surface area contributed by atoms with Gasteiger partial charge in [0, 0.05) is 30.9 Å². The van der Waals surface area contributed by atoms with Crippen LogP contribution in [0.2, 0.25) is 0 Å². The highest BCUT2D eigenvalue weighted by Crippen LogP contribution is 2.15. The number of thioether (sulfide) groups is 1. The number of carbonyl (C=O) groups is 1. The van der Waals surface area contributed by atoms with Crippen molar-refractivity contribution in [3.05, 3.63) is 0 Å². The first-order valence-electron chi connectivity index (χ1n) is 6.04. The van der Waals surface area contributed by atoms with Crippen LogP contribution in [0.1, 0.15) is 27.7 Å². The van der Waals surface area contributed by atoms with Crippen LogP contribution in [-0.2, 0) is 4.74 Å². The zero-order valence-electron chi connectivity index (χ0n) is 11.4. The quantitative estimate of drug-likeness (QED) is 0.839. The molecule has 5 heteroatoms. The smallest absolute Gasteiger partial charge is 0.410 e. The van der Waals surface area contributed by atoms with Crippen molar-refractivity contribution >= 4 is 17.9 Å². The van der Waals surface area contributed by atoms with Gasteiger partial charge in [-0.15, -0.1) is 0 Å². The van der Waals surface area contributed by atoms with Gasteiger partial charge in [-0.2, -0.15) is 11.8 Å². The lowest BCUT2D eigenvalue weighted by Gasteiger charge is -2.41. The summed E-state index contributed by atoms with van der Waals surface area (Å²) < 4.78 is 5.30. The minimum absolute atomic E-state index is 0.201. The van der Waals surface area contributed by atoms with Crippen molar-refractivity contribution in [3.63, 3.8) is 0 Å². The van der Waals surface area contributed by atoms with Crippen LogP contribution in [-0.4, -0.2) is 53.8 Å². The molecule has 1 unspecified atom stereocenters. The standard InChI is InChI=1S/C12H24N2O2S/c1-9(8-17-5)13-10-6-14(7-10)11(15)16-12(2,3)4/h9-10,13H,6-8H2,1-5H3. The van der Waals surface area contributed by atoms with Gasteiger partial charge in [-0.05, 0) is 34.0 Å². The van der Waals surface area contributed by atoms with E-state index in [4.69, 9.17) is 4.74 Å². The van der Waals surface area contributed by atoms with E-state index in [1.165, 1.54) is 0 Å². The fraction of sp³-hybridized carbons (Fsp3) is 0.917. The highest BCUT2D eigenvalue weighted by atomic mass is 32.2. The second kappa shape index (κ2) is 5.96. The summed E-state index contributed by atoms with van der Waals surface area (Å²) >= 11 is 1.83. The summed E-state index contributed by atoms with van der Waals surface area (Å²) in [5.74, 6) is 1.10. The van der Waals surface area contributed by atoms with Crippen LogP contribution in [0.15, 0.2) is 0 Å². The van der Waals surface area contributed by atoms with Gasteiger partial charge >= 0.3 is 6.09 Å². The summed E-state index contributed by atoms with van der Waals surface area (Å²) in [5, 5.41) is 3.49. The molecule has 1 rings (SSSR count). The monoisotopic (exact) mass is 260 g/mol. The van der Waals surface area contributed by atoms with Gasteiger partial charge in [-0.1, -0.05) is 0 Å². The summed E-state index contributed by atoms with van der Waals surface area (Å²) in [7, 11) is 0. The van der Waals surface area contributed by atoms with Gasteiger partial charge in [0.2, 0.25) is 0 Å². The number of hydrogen-bond acceptors (Lipinski definition) is 4. The molecule has 1 atom stereocenters. The number of likely N-dealkylation sites (tertiary alicyclic amines) is 1. The number of nitrogens with zero attached hydrogens (tertiary/aromatic N) is 1. The van der Waals surface area contributed by atoms with E-state index < -0.39 is 5.60 Å². The Hall–Kier alpha value is -0.420. The minimum Gasteiger partial charge on any atom is -0.444 e. The summed E-state index contributed by atoms with van der Waals surface area (Å²) in [6.45, 7) is 9.36. The van der Waals surface area contributed by atoms with Crippen molar-refractivity contribution in [1.82, 2.24) is 10.2 Å². The average molecular weight is 260 g/mol. The van der Waals surface area contributed by atoms with Crippen LogP contribution in [0.5, 0.6) is 0 Å². The van der Waals surface area contributed by atoms with E-state index in [1.54, 1.807) is 4.90 Å². The van der Waals surface area contributed by atoms with Crippen molar-refractivity contribution in [2.75, 3.05) is 25.1 Å². The second-order valence-electron chi connectivity index (χ2n) is 5.61. The molecule has 0 spiro atoms. The SMILES string of the molecule is CSCC(C)NC1CN(C(=O)OC(C)(C)C)C1. The first-order valence-corrected chi connectivity index (χ1v) is 7.44. The molecule has 1 fully saturated rings. The molecule has 1 saturated heterocycles. The predicted octanol–water partition coefficient (Wildman–Crippen LogP) is 1.95. The molecule has 0 radical (unpaired) electrons. The van der Waals surface area contributed by atoms with E-state index in [1.807, 2.05) is 32.5 Å². The normalized spacial score (nSPS) is 18.8. The number of carbonyl (C=O) groups excluding carboxylic acids is 1. The van der Waals surface area contributed by atoms with Crippen molar-refractivity contribution in [1.29, 1.82) is 0 Å². The van der Waals surface area contributed by atoms with Gasteiger partial charge in [0.1, 0.15) is 5.60 Å². The van der Waals surface area contributed by atoms with Crippen LogP contribution < -0.4 is 5.32 Å². The molecule has 0 aromatic rings. The van der Waals surface area contributed by atoms with E-state index in [2.05, 4.69) is 18.5 Å². The maximum Gasteiger partial charge on any atom is 0.410 e. The van der Waals surface area contributed by atoms with E-state index in [0.29, 0.717) is 12.1 Å². The summed E-state index contributed by atoms with van der Waals surface area (Å²) in [6, 6.07) is 0.917. The van der Waals surface area contributed by atoms with Crippen molar-refractivity contribution < 1.29 is 9.53 Å². The molecule has 0 aromatic carbocycles. The summed E-state index contributed by atoms with van der Waals surface area (Å²) in [5.41, 5.74) is -0.401. The molecule has 17 heavy (non-hydrogen) atoms. The Bertz CT molecular complexity index is 260. The van der Waals surface area contributed by atoms with E-state index in [9.17, 15) is 4.79 Å². The van der Waals surface area contributed by atoms with Crippen LogP contribution in [0.4, 0.5) is 4.79 Å². The molecular weight excluding hydrogens is 236 g/mol. The van der Waals surface area contributed by atoms with E-state index >= 15 is 0 Å².